The fourth-order valence-corrected chi connectivity index (χ4v) is 1.53. The lowest BCUT2D eigenvalue weighted by Gasteiger charge is -2.03. The summed E-state index contributed by atoms with van der Waals surface area (Å²) in [6, 6.07) is 0. The van der Waals surface area contributed by atoms with Crippen LogP contribution < -0.4 is 16.8 Å². The minimum atomic E-state index is -0.199. The van der Waals surface area contributed by atoms with Crippen LogP contribution in [-0.2, 0) is 4.79 Å². The Kier molecular flexibility index (Phi) is 9.46. The first-order valence-electron chi connectivity index (χ1n) is 5.99. The zero-order chi connectivity index (χ0) is 12.2. The number of carbonyl (C=O) groups excluding carboxylic acids is 1. The smallest absolute Gasteiger partial charge is 0.217 e. The Morgan fingerprint density at radius 1 is 0.938 bits per heavy atom. The van der Waals surface area contributed by atoms with E-state index in [2.05, 4.69) is 5.32 Å². The summed E-state index contributed by atoms with van der Waals surface area (Å²) in [7, 11) is 0. The average molecular weight is 228 g/mol. The van der Waals surface area contributed by atoms with Crippen molar-refractivity contribution >= 4 is 11.9 Å². The summed E-state index contributed by atoms with van der Waals surface area (Å²) in [6.45, 7) is 0.789. The van der Waals surface area contributed by atoms with E-state index in [1.165, 1.54) is 19.3 Å². The molecule has 0 atom stereocenters. The first kappa shape index (κ1) is 14.7. The number of unbranched alkanes of at least 4 members (excludes halogenated alkanes) is 6. The van der Waals surface area contributed by atoms with Gasteiger partial charge in [0.25, 0.3) is 0 Å². The molecule has 5 nitrogen and oxygen atoms in total. The predicted molar refractivity (Wildman–Crippen MR) is 66.0 cm³/mol. The van der Waals surface area contributed by atoms with Crippen molar-refractivity contribution in [1.29, 1.82) is 5.41 Å². The van der Waals surface area contributed by atoms with E-state index in [1.54, 1.807) is 0 Å². The quantitative estimate of drug-likeness (QED) is 0.255. The zero-order valence-corrected chi connectivity index (χ0v) is 9.93. The van der Waals surface area contributed by atoms with E-state index in [4.69, 9.17) is 16.9 Å². The molecule has 0 aromatic rings. The van der Waals surface area contributed by atoms with E-state index in [-0.39, 0.29) is 11.9 Å². The molecule has 0 spiro atoms. The number of nitrogens with one attached hydrogen (secondary N) is 2. The molecule has 0 rings (SSSR count). The lowest BCUT2D eigenvalue weighted by atomic mass is 10.1. The molecule has 0 aliphatic rings. The Labute approximate surface area is 97.5 Å². The topological polar surface area (TPSA) is 105 Å². The standard InChI is InChI=1S/C11H24N4O/c12-10(16)8-6-4-2-1-3-5-7-9-15-11(13)14/h1-9H2,(H2,12,16)(H4,13,14,15). The van der Waals surface area contributed by atoms with Crippen molar-refractivity contribution in [2.75, 3.05) is 6.54 Å². The Balaban J connectivity index is 2.98. The van der Waals surface area contributed by atoms with Gasteiger partial charge in [0.1, 0.15) is 0 Å². The summed E-state index contributed by atoms with van der Waals surface area (Å²) in [4.78, 5) is 10.4. The van der Waals surface area contributed by atoms with Gasteiger partial charge in [0.05, 0.1) is 0 Å². The van der Waals surface area contributed by atoms with Gasteiger partial charge in [0, 0.05) is 13.0 Å². The monoisotopic (exact) mass is 228 g/mol. The van der Waals surface area contributed by atoms with E-state index < -0.39 is 0 Å². The minimum absolute atomic E-state index is 0.0476. The van der Waals surface area contributed by atoms with Gasteiger partial charge in [0.15, 0.2) is 5.96 Å². The third-order valence-electron chi connectivity index (χ3n) is 2.42. The van der Waals surface area contributed by atoms with Gasteiger partial charge in [-0.05, 0) is 12.8 Å². The second-order valence-electron chi connectivity index (χ2n) is 4.03. The molecule has 0 bridgehead atoms. The molecular formula is C11H24N4O. The lowest BCUT2D eigenvalue weighted by molar-refractivity contribution is -0.118. The first-order valence-corrected chi connectivity index (χ1v) is 5.99. The van der Waals surface area contributed by atoms with Gasteiger partial charge in [-0.3, -0.25) is 10.2 Å². The fourth-order valence-electron chi connectivity index (χ4n) is 1.53. The van der Waals surface area contributed by atoms with Crippen LogP contribution in [0.4, 0.5) is 0 Å². The van der Waals surface area contributed by atoms with Crippen molar-refractivity contribution in [3.05, 3.63) is 0 Å². The Hall–Kier alpha value is -1.26. The van der Waals surface area contributed by atoms with Gasteiger partial charge >= 0.3 is 0 Å². The molecule has 0 saturated heterocycles. The maximum absolute atomic E-state index is 10.4. The molecule has 0 aromatic heterocycles. The van der Waals surface area contributed by atoms with Crippen LogP contribution in [-0.4, -0.2) is 18.4 Å². The molecular weight excluding hydrogens is 204 g/mol. The third kappa shape index (κ3) is 12.7. The molecule has 0 radical (unpaired) electrons. The molecule has 0 aliphatic heterocycles. The minimum Gasteiger partial charge on any atom is -0.370 e. The predicted octanol–water partition coefficient (Wildman–Crippen LogP) is 1.08. The maximum Gasteiger partial charge on any atom is 0.217 e. The van der Waals surface area contributed by atoms with E-state index in [1.807, 2.05) is 0 Å². The summed E-state index contributed by atoms with van der Waals surface area (Å²) in [6.07, 6.45) is 8.33. The lowest BCUT2D eigenvalue weighted by Crippen LogP contribution is -2.30. The van der Waals surface area contributed by atoms with Crippen LogP contribution in [0.1, 0.15) is 51.4 Å². The van der Waals surface area contributed by atoms with Crippen molar-refractivity contribution < 1.29 is 4.79 Å². The molecule has 0 fully saturated rings. The SMILES string of the molecule is N=C(N)NCCCCCCCCCC(N)=O. The summed E-state index contributed by atoms with van der Waals surface area (Å²) in [5, 5.41) is 9.73. The molecule has 0 unspecified atom stereocenters. The van der Waals surface area contributed by atoms with Crippen molar-refractivity contribution in [2.24, 2.45) is 11.5 Å². The number of rotatable bonds is 10. The largest absolute Gasteiger partial charge is 0.370 e. The van der Waals surface area contributed by atoms with Crippen molar-refractivity contribution in [1.82, 2.24) is 5.32 Å². The highest BCUT2D eigenvalue weighted by Gasteiger charge is 1.95. The molecule has 0 aromatic carbocycles. The van der Waals surface area contributed by atoms with E-state index in [0.29, 0.717) is 6.42 Å². The Morgan fingerprint density at radius 3 is 1.94 bits per heavy atom. The second kappa shape index (κ2) is 10.3. The highest BCUT2D eigenvalue weighted by atomic mass is 16.1. The van der Waals surface area contributed by atoms with Crippen LogP contribution >= 0.6 is 0 Å². The Morgan fingerprint density at radius 2 is 1.44 bits per heavy atom. The zero-order valence-electron chi connectivity index (χ0n) is 9.93. The number of hydrogen-bond donors (Lipinski definition) is 4. The first-order chi connectivity index (χ1) is 7.63. The fraction of sp³-hybridized carbons (Fsp3) is 0.818. The van der Waals surface area contributed by atoms with Gasteiger partial charge in [0.2, 0.25) is 5.91 Å². The van der Waals surface area contributed by atoms with Gasteiger partial charge in [-0.2, -0.15) is 0 Å². The van der Waals surface area contributed by atoms with E-state index in [0.717, 1.165) is 32.2 Å². The normalized spacial score (nSPS) is 10.0. The highest BCUT2D eigenvalue weighted by molar-refractivity contribution is 5.74. The van der Waals surface area contributed by atoms with Crippen molar-refractivity contribution in [3.63, 3.8) is 0 Å². The second-order valence-corrected chi connectivity index (χ2v) is 4.03. The summed E-state index contributed by atoms with van der Waals surface area (Å²) in [5.41, 5.74) is 10.2. The molecule has 1 amide bonds. The summed E-state index contributed by atoms with van der Waals surface area (Å²) >= 11 is 0. The number of guanidine groups is 1. The molecule has 94 valence electrons. The molecule has 16 heavy (non-hydrogen) atoms. The van der Waals surface area contributed by atoms with Crippen LogP contribution in [0.15, 0.2) is 0 Å². The number of amides is 1. The summed E-state index contributed by atoms with van der Waals surface area (Å²) in [5.74, 6) is -0.151. The van der Waals surface area contributed by atoms with Crippen LogP contribution in [0.3, 0.4) is 0 Å². The molecule has 0 saturated carbocycles. The van der Waals surface area contributed by atoms with Gasteiger partial charge < -0.3 is 16.8 Å². The average Bonchev–Trinajstić information content (AvgIpc) is 2.20. The third-order valence-corrected chi connectivity index (χ3v) is 2.42. The van der Waals surface area contributed by atoms with Gasteiger partial charge in [-0.1, -0.05) is 32.1 Å². The highest BCUT2D eigenvalue weighted by Crippen LogP contribution is 2.07. The van der Waals surface area contributed by atoms with Gasteiger partial charge in [-0.25, -0.2) is 0 Å². The van der Waals surface area contributed by atoms with Crippen LogP contribution in [0.5, 0.6) is 0 Å². The number of hydrogen-bond acceptors (Lipinski definition) is 2. The molecule has 0 heterocycles. The van der Waals surface area contributed by atoms with Crippen LogP contribution in [0.25, 0.3) is 0 Å². The van der Waals surface area contributed by atoms with Crippen LogP contribution in [0.2, 0.25) is 0 Å². The summed E-state index contributed by atoms with van der Waals surface area (Å²) < 4.78 is 0. The van der Waals surface area contributed by atoms with Crippen molar-refractivity contribution in [2.45, 2.75) is 51.4 Å². The van der Waals surface area contributed by atoms with E-state index >= 15 is 0 Å². The van der Waals surface area contributed by atoms with Gasteiger partial charge in [-0.15, -0.1) is 0 Å². The molecule has 5 heteroatoms. The number of nitrogens with two attached hydrogens (primary N) is 2. The van der Waals surface area contributed by atoms with Crippen LogP contribution in [0, 0.1) is 5.41 Å². The maximum atomic E-state index is 10.4. The number of primary amides is 1. The van der Waals surface area contributed by atoms with E-state index in [9.17, 15) is 4.79 Å². The Bertz CT molecular complexity index is 184. The molecule has 0 aliphatic carbocycles. The number of carbonyl (C=O) groups is 1. The molecule has 6 N–H and O–H groups in total. The van der Waals surface area contributed by atoms with Crippen molar-refractivity contribution in [3.8, 4) is 0 Å².